The molecule has 1 saturated carbocycles. The molecule has 2 aliphatic carbocycles. The lowest BCUT2D eigenvalue weighted by Crippen LogP contribution is -2.44. The third kappa shape index (κ3) is 3.44. The van der Waals surface area contributed by atoms with E-state index in [1.165, 1.54) is 0 Å². The van der Waals surface area contributed by atoms with Crippen molar-refractivity contribution >= 4 is 11.9 Å². The SMILES string of the molecule is O=C(NCC(=O)C1CC(F)(F)C1)OCC1c2ccccc2-c2ccccc21. The van der Waals surface area contributed by atoms with Gasteiger partial charge in [0.25, 0.3) is 0 Å². The molecule has 0 heterocycles. The topological polar surface area (TPSA) is 55.4 Å². The van der Waals surface area contributed by atoms with Crippen molar-refractivity contribution in [3.05, 3.63) is 59.7 Å². The van der Waals surface area contributed by atoms with Crippen molar-refractivity contribution in [3.8, 4) is 11.1 Å². The van der Waals surface area contributed by atoms with Gasteiger partial charge in [-0.25, -0.2) is 13.6 Å². The second kappa shape index (κ2) is 6.76. The zero-order valence-electron chi connectivity index (χ0n) is 14.6. The largest absolute Gasteiger partial charge is 0.449 e. The normalized spacial score (nSPS) is 17.6. The number of ether oxygens (including phenoxy) is 1. The van der Waals surface area contributed by atoms with Gasteiger partial charge in [-0.2, -0.15) is 0 Å². The molecule has 0 atom stereocenters. The highest BCUT2D eigenvalue weighted by molar-refractivity contribution is 5.87. The average Bonchev–Trinajstić information content (AvgIpc) is 2.96. The van der Waals surface area contributed by atoms with E-state index < -0.39 is 30.8 Å². The van der Waals surface area contributed by atoms with Crippen LogP contribution in [0.2, 0.25) is 0 Å². The highest BCUT2D eigenvalue weighted by Gasteiger charge is 2.48. The number of carbonyl (C=O) groups is 2. The maximum Gasteiger partial charge on any atom is 0.407 e. The first-order valence-corrected chi connectivity index (χ1v) is 8.94. The van der Waals surface area contributed by atoms with E-state index in [9.17, 15) is 18.4 Å². The molecule has 6 heteroatoms. The smallest absolute Gasteiger partial charge is 0.407 e. The van der Waals surface area contributed by atoms with Crippen LogP contribution < -0.4 is 5.32 Å². The Labute approximate surface area is 155 Å². The zero-order chi connectivity index (χ0) is 19.0. The molecule has 0 bridgehead atoms. The number of halogens is 2. The van der Waals surface area contributed by atoms with E-state index >= 15 is 0 Å². The second-order valence-electron chi connectivity index (χ2n) is 7.11. The van der Waals surface area contributed by atoms with Gasteiger partial charge >= 0.3 is 6.09 Å². The molecule has 0 radical (unpaired) electrons. The van der Waals surface area contributed by atoms with Crippen molar-refractivity contribution in [2.24, 2.45) is 5.92 Å². The first kappa shape index (κ1) is 17.6. The summed E-state index contributed by atoms with van der Waals surface area (Å²) in [7, 11) is 0. The Hall–Kier alpha value is -2.76. The van der Waals surface area contributed by atoms with E-state index in [4.69, 9.17) is 4.74 Å². The van der Waals surface area contributed by atoms with Gasteiger partial charge in [-0.05, 0) is 22.3 Å². The fourth-order valence-electron chi connectivity index (χ4n) is 3.84. The molecular weight excluding hydrogens is 352 g/mol. The van der Waals surface area contributed by atoms with Crippen molar-refractivity contribution < 1.29 is 23.1 Å². The van der Waals surface area contributed by atoms with E-state index in [-0.39, 0.29) is 24.9 Å². The molecule has 0 spiro atoms. The van der Waals surface area contributed by atoms with E-state index in [1.54, 1.807) is 0 Å². The second-order valence-corrected chi connectivity index (χ2v) is 7.11. The van der Waals surface area contributed by atoms with Crippen LogP contribution in [0.5, 0.6) is 0 Å². The lowest BCUT2D eigenvalue weighted by Gasteiger charge is -2.33. The Morgan fingerprint density at radius 1 is 1.00 bits per heavy atom. The average molecular weight is 371 g/mol. The standard InChI is InChI=1S/C21H19F2NO3/c22-21(23)9-13(10-21)19(25)11-24-20(26)27-12-18-16-7-3-1-5-14(16)15-6-2-4-8-17(15)18/h1-8,13,18H,9-12H2,(H,24,26). The van der Waals surface area contributed by atoms with Crippen LogP contribution in [-0.2, 0) is 9.53 Å². The van der Waals surface area contributed by atoms with Crippen LogP contribution in [0, 0.1) is 5.92 Å². The minimum atomic E-state index is -2.75. The highest BCUT2D eigenvalue weighted by atomic mass is 19.3. The van der Waals surface area contributed by atoms with Crippen LogP contribution in [0.1, 0.15) is 29.9 Å². The molecule has 4 nitrogen and oxygen atoms in total. The predicted molar refractivity (Wildman–Crippen MR) is 95.7 cm³/mol. The summed E-state index contributed by atoms with van der Waals surface area (Å²) in [6.45, 7) is -0.132. The van der Waals surface area contributed by atoms with Crippen LogP contribution >= 0.6 is 0 Å². The number of ketones is 1. The van der Waals surface area contributed by atoms with Crippen molar-refractivity contribution in [3.63, 3.8) is 0 Å². The van der Waals surface area contributed by atoms with Gasteiger partial charge in [0.05, 0.1) is 6.54 Å². The first-order chi connectivity index (χ1) is 12.9. The number of carbonyl (C=O) groups excluding carboxylic acids is 2. The number of rotatable bonds is 5. The highest BCUT2D eigenvalue weighted by Crippen LogP contribution is 2.44. The minimum Gasteiger partial charge on any atom is -0.449 e. The Morgan fingerprint density at radius 2 is 1.56 bits per heavy atom. The lowest BCUT2D eigenvalue weighted by atomic mass is 9.78. The zero-order valence-corrected chi connectivity index (χ0v) is 14.6. The number of hydrogen-bond acceptors (Lipinski definition) is 3. The molecule has 2 aliphatic rings. The number of hydrogen-bond donors (Lipinski definition) is 1. The van der Waals surface area contributed by atoms with Crippen molar-refractivity contribution in [2.45, 2.75) is 24.7 Å². The van der Waals surface area contributed by atoms with Gasteiger partial charge < -0.3 is 10.1 Å². The summed E-state index contributed by atoms with van der Waals surface area (Å²) in [4.78, 5) is 23.8. The molecule has 1 fully saturated rings. The van der Waals surface area contributed by atoms with E-state index in [1.807, 2.05) is 48.5 Å². The number of alkyl carbamates (subject to hydrolysis) is 1. The quantitative estimate of drug-likeness (QED) is 0.859. The summed E-state index contributed by atoms with van der Waals surface area (Å²) in [5.41, 5.74) is 4.45. The third-order valence-electron chi connectivity index (χ3n) is 5.30. The molecule has 4 rings (SSSR count). The molecule has 140 valence electrons. The number of nitrogens with one attached hydrogen (secondary N) is 1. The number of benzene rings is 2. The molecule has 2 aromatic carbocycles. The minimum absolute atomic E-state index is 0.0656. The Kier molecular flexibility index (Phi) is 4.42. The lowest BCUT2D eigenvalue weighted by molar-refractivity contribution is -0.147. The summed E-state index contributed by atoms with van der Waals surface area (Å²) >= 11 is 0. The summed E-state index contributed by atoms with van der Waals surface area (Å²) in [5.74, 6) is -3.86. The molecule has 0 aliphatic heterocycles. The fourth-order valence-corrected chi connectivity index (χ4v) is 3.84. The molecule has 1 amide bonds. The van der Waals surface area contributed by atoms with Gasteiger partial charge in [-0.15, -0.1) is 0 Å². The van der Waals surface area contributed by atoms with Crippen LogP contribution in [-0.4, -0.2) is 31.0 Å². The maximum absolute atomic E-state index is 12.8. The van der Waals surface area contributed by atoms with Crippen LogP contribution in [0.15, 0.2) is 48.5 Å². The van der Waals surface area contributed by atoms with Crippen LogP contribution in [0.3, 0.4) is 0 Å². The van der Waals surface area contributed by atoms with Gasteiger partial charge in [-0.3, -0.25) is 4.79 Å². The number of amides is 1. The van der Waals surface area contributed by atoms with Gasteiger partial charge in [0, 0.05) is 24.7 Å². The van der Waals surface area contributed by atoms with E-state index in [2.05, 4.69) is 5.32 Å². The fraction of sp³-hybridized carbons (Fsp3) is 0.333. The van der Waals surface area contributed by atoms with Crippen LogP contribution in [0.4, 0.5) is 13.6 Å². The monoisotopic (exact) mass is 371 g/mol. The van der Waals surface area contributed by atoms with Gasteiger partial charge in [-0.1, -0.05) is 48.5 Å². The van der Waals surface area contributed by atoms with Crippen molar-refractivity contribution in [1.82, 2.24) is 5.32 Å². The molecule has 0 unspecified atom stereocenters. The Morgan fingerprint density at radius 3 is 2.11 bits per heavy atom. The van der Waals surface area contributed by atoms with Gasteiger partial charge in [0.15, 0.2) is 5.78 Å². The Bertz CT molecular complexity index is 843. The molecular formula is C21H19F2NO3. The van der Waals surface area contributed by atoms with Gasteiger partial charge in [0.1, 0.15) is 6.61 Å². The maximum atomic E-state index is 12.8. The molecule has 0 aromatic heterocycles. The third-order valence-corrected chi connectivity index (χ3v) is 5.30. The van der Waals surface area contributed by atoms with E-state index in [0.29, 0.717) is 0 Å². The summed E-state index contributed by atoms with van der Waals surface area (Å²) in [6, 6.07) is 16.0. The molecule has 2 aromatic rings. The predicted octanol–water partition coefficient (Wildman–Crippen LogP) is 4.14. The molecule has 1 N–H and O–H groups in total. The first-order valence-electron chi connectivity index (χ1n) is 8.94. The number of alkyl halides is 2. The van der Waals surface area contributed by atoms with Gasteiger partial charge in [0.2, 0.25) is 5.92 Å². The summed E-state index contributed by atoms with van der Waals surface area (Å²) in [6.07, 6.45) is -1.58. The van der Waals surface area contributed by atoms with Crippen LogP contribution in [0.25, 0.3) is 11.1 Å². The number of Topliss-reactive ketones (excluding diaryl/α,β-unsaturated/α-hetero) is 1. The molecule has 27 heavy (non-hydrogen) atoms. The summed E-state index contributed by atoms with van der Waals surface area (Å²) < 4.78 is 31.0. The molecule has 0 saturated heterocycles. The van der Waals surface area contributed by atoms with Crippen molar-refractivity contribution in [2.75, 3.05) is 13.2 Å². The Balaban J connectivity index is 1.34. The van der Waals surface area contributed by atoms with E-state index in [0.717, 1.165) is 22.3 Å². The van der Waals surface area contributed by atoms with Crippen molar-refractivity contribution in [1.29, 1.82) is 0 Å². The number of fused-ring (bicyclic) bond motifs is 3. The summed E-state index contributed by atoms with van der Waals surface area (Å²) in [5, 5.41) is 2.38.